The predicted octanol–water partition coefficient (Wildman–Crippen LogP) is 2.97. The third kappa shape index (κ3) is 5.42. The Hall–Kier alpha value is -2.67. The summed E-state index contributed by atoms with van der Waals surface area (Å²) in [5.41, 5.74) is 1.70. The number of hydrogen-bond acceptors (Lipinski definition) is 5. The van der Waals surface area contributed by atoms with Crippen molar-refractivity contribution in [2.24, 2.45) is 0 Å². The van der Waals surface area contributed by atoms with Crippen molar-refractivity contribution in [2.45, 2.75) is 25.2 Å². The summed E-state index contributed by atoms with van der Waals surface area (Å²) in [6.07, 6.45) is 0.731. The van der Waals surface area contributed by atoms with E-state index >= 15 is 0 Å². The van der Waals surface area contributed by atoms with Crippen LogP contribution in [0.3, 0.4) is 0 Å². The molecule has 138 valence electrons. The molecule has 2 rings (SSSR count). The number of sulfone groups is 1. The van der Waals surface area contributed by atoms with Crippen LogP contribution in [0.2, 0.25) is 0 Å². The smallest absolute Gasteiger partial charge is 0.338 e. The normalized spacial score (nSPS) is 11.0. The number of esters is 1. The van der Waals surface area contributed by atoms with Gasteiger partial charge in [0.05, 0.1) is 17.1 Å². The van der Waals surface area contributed by atoms with Gasteiger partial charge in [0.25, 0.3) is 0 Å². The van der Waals surface area contributed by atoms with E-state index in [1.807, 2.05) is 13.8 Å². The van der Waals surface area contributed by atoms with Crippen LogP contribution in [0.5, 0.6) is 0 Å². The third-order valence-electron chi connectivity index (χ3n) is 3.54. The van der Waals surface area contributed by atoms with Gasteiger partial charge >= 0.3 is 5.97 Å². The molecule has 0 fully saturated rings. The highest BCUT2D eigenvalue weighted by Gasteiger charge is 2.19. The molecule has 0 aliphatic rings. The quantitative estimate of drug-likeness (QED) is 0.752. The highest BCUT2D eigenvalue weighted by molar-refractivity contribution is 7.92. The second kappa shape index (κ2) is 8.62. The van der Waals surface area contributed by atoms with Crippen LogP contribution in [0.1, 0.15) is 29.3 Å². The molecule has 1 amide bonds. The number of aryl methyl sites for hydroxylation is 1. The van der Waals surface area contributed by atoms with Crippen molar-refractivity contribution in [3.05, 3.63) is 59.7 Å². The van der Waals surface area contributed by atoms with E-state index in [4.69, 9.17) is 4.74 Å². The molecule has 0 unspecified atom stereocenters. The molecule has 0 radical (unpaired) electrons. The molecule has 0 heterocycles. The van der Waals surface area contributed by atoms with Gasteiger partial charge in [0, 0.05) is 5.69 Å². The summed E-state index contributed by atoms with van der Waals surface area (Å²) in [4.78, 5) is 23.9. The molecule has 0 bridgehead atoms. The van der Waals surface area contributed by atoms with Gasteiger partial charge in [0.1, 0.15) is 5.75 Å². The van der Waals surface area contributed by atoms with E-state index in [0.29, 0.717) is 17.9 Å². The fraction of sp³-hybridized carbons (Fsp3) is 0.263. The Bertz CT molecular complexity index is 871. The lowest BCUT2D eigenvalue weighted by Gasteiger charge is -2.08. The SMILES string of the molecule is CCCOC(=O)c1ccc(NC(=O)CS(=O)(=O)c2ccc(C)cc2)cc1. The maximum atomic E-state index is 12.3. The van der Waals surface area contributed by atoms with Gasteiger partial charge in [0.15, 0.2) is 9.84 Å². The summed E-state index contributed by atoms with van der Waals surface area (Å²) in [5, 5.41) is 2.52. The number of ether oxygens (including phenoxy) is 1. The summed E-state index contributed by atoms with van der Waals surface area (Å²) in [6, 6.07) is 12.4. The Morgan fingerprint density at radius 2 is 1.62 bits per heavy atom. The van der Waals surface area contributed by atoms with Crippen molar-refractivity contribution in [2.75, 3.05) is 17.7 Å². The predicted molar refractivity (Wildman–Crippen MR) is 98.9 cm³/mol. The minimum absolute atomic E-state index is 0.104. The van der Waals surface area contributed by atoms with Crippen LogP contribution in [-0.2, 0) is 19.4 Å². The van der Waals surface area contributed by atoms with Gasteiger partial charge in [-0.15, -0.1) is 0 Å². The van der Waals surface area contributed by atoms with E-state index < -0.39 is 27.5 Å². The molecule has 0 saturated heterocycles. The fourth-order valence-corrected chi connectivity index (χ4v) is 3.30. The van der Waals surface area contributed by atoms with Crippen molar-refractivity contribution in [1.29, 1.82) is 0 Å². The van der Waals surface area contributed by atoms with Crippen LogP contribution in [0.15, 0.2) is 53.4 Å². The first kappa shape index (κ1) is 19.7. The maximum Gasteiger partial charge on any atom is 0.338 e. The zero-order valence-corrected chi connectivity index (χ0v) is 15.5. The molecule has 26 heavy (non-hydrogen) atoms. The zero-order valence-electron chi connectivity index (χ0n) is 14.7. The molecule has 6 nitrogen and oxygen atoms in total. The van der Waals surface area contributed by atoms with Gasteiger partial charge in [-0.25, -0.2) is 13.2 Å². The van der Waals surface area contributed by atoms with Crippen LogP contribution >= 0.6 is 0 Å². The maximum absolute atomic E-state index is 12.3. The second-order valence-corrected chi connectivity index (χ2v) is 7.82. The molecule has 0 spiro atoms. The largest absolute Gasteiger partial charge is 0.462 e. The summed E-state index contributed by atoms with van der Waals surface area (Å²) < 4.78 is 29.5. The second-order valence-electron chi connectivity index (χ2n) is 5.83. The Labute approximate surface area is 153 Å². The molecular formula is C19H21NO5S. The molecule has 2 aromatic carbocycles. The van der Waals surface area contributed by atoms with Crippen LogP contribution in [0.25, 0.3) is 0 Å². The van der Waals surface area contributed by atoms with Gasteiger partial charge < -0.3 is 10.1 Å². The van der Waals surface area contributed by atoms with Gasteiger partial charge in [-0.1, -0.05) is 24.6 Å². The summed E-state index contributed by atoms with van der Waals surface area (Å²) in [7, 11) is -3.71. The Balaban J connectivity index is 1.99. The van der Waals surface area contributed by atoms with Gasteiger partial charge in [0.2, 0.25) is 5.91 Å². The molecule has 0 atom stereocenters. The minimum atomic E-state index is -3.71. The Morgan fingerprint density at radius 3 is 2.19 bits per heavy atom. The number of carbonyl (C=O) groups excluding carboxylic acids is 2. The number of hydrogen-bond donors (Lipinski definition) is 1. The fourth-order valence-electron chi connectivity index (χ4n) is 2.17. The van der Waals surface area contributed by atoms with E-state index in [1.54, 1.807) is 12.1 Å². The Kier molecular flexibility index (Phi) is 6.52. The van der Waals surface area contributed by atoms with Crippen molar-refractivity contribution >= 4 is 27.4 Å². The van der Waals surface area contributed by atoms with Crippen molar-refractivity contribution in [3.8, 4) is 0 Å². The lowest BCUT2D eigenvalue weighted by atomic mass is 10.2. The molecule has 0 aliphatic heterocycles. The van der Waals surface area contributed by atoms with Crippen LogP contribution in [0, 0.1) is 6.92 Å². The number of benzene rings is 2. The van der Waals surface area contributed by atoms with Gasteiger partial charge in [-0.3, -0.25) is 4.79 Å². The number of rotatable bonds is 7. The molecule has 2 aromatic rings. The highest BCUT2D eigenvalue weighted by Crippen LogP contribution is 2.14. The molecule has 7 heteroatoms. The van der Waals surface area contributed by atoms with Crippen molar-refractivity contribution in [1.82, 2.24) is 0 Å². The van der Waals surface area contributed by atoms with Crippen LogP contribution in [-0.4, -0.2) is 32.7 Å². The zero-order chi connectivity index (χ0) is 19.2. The van der Waals surface area contributed by atoms with E-state index in [-0.39, 0.29) is 4.90 Å². The van der Waals surface area contributed by atoms with Crippen LogP contribution in [0.4, 0.5) is 5.69 Å². The summed E-state index contributed by atoms with van der Waals surface area (Å²) in [6.45, 7) is 4.09. The molecular weight excluding hydrogens is 354 g/mol. The topological polar surface area (TPSA) is 89.5 Å². The van der Waals surface area contributed by atoms with Crippen LogP contribution < -0.4 is 5.32 Å². The van der Waals surface area contributed by atoms with E-state index in [2.05, 4.69) is 5.32 Å². The van der Waals surface area contributed by atoms with E-state index in [1.165, 1.54) is 36.4 Å². The summed E-state index contributed by atoms with van der Waals surface area (Å²) in [5.74, 6) is -1.74. The lowest BCUT2D eigenvalue weighted by molar-refractivity contribution is -0.113. The number of nitrogens with one attached hydrogen (secondary N) is 1. The monoisotopic (exact) mass is 375 g/mol. The molecule has 0 aromatic heterocycles. The van der Waals surface area contributed by atoms with Gasteiger partial charge in [-0.2, -0.15) is 0 Å². The average Bonchev–Trinajstić information content (AvgIpc) is 2.60. The molecule has 1 N–H and O–H groups in total. The van der Waals surface area contributed by atoms with Crippen molar-refractivity contribution < 1.29 is 22.7 Å². The average molecular weight is 375 g/mol. The van der Waals surface area contributed by atoms with E-state index in [0.717, 1.165) is 12.0 Å². The third-order valence-corrected chi connectivity index (χ3v) is 5.18. The Morgan fingerprint density at radius 1 is 1.00 bits per heavy atom. The number of carbonyl (C=O) groups is 2. The van der Waals surface area contributed by atoms with Crippen molar-refractivity contribution in [3.63, 3.8) is 0 Å². The first-order valence-corrected chi connectivity index (χ1v) is 9.83. The first-order valence-electron chi connectivity index (χ1n) is 8.18. The molecule has 0 saturated carbocycles. The first-order chi connectivity index (χ1) is 12.3. The van der Waals surface area contributed by atoms with E-state index in [9.17, 15) is 18.0 Å². The number of anilines is 1. The number of amides is 1. The summed E-state index contributed by atoms with van der Waals surface area (Å²) >= 11 is 0. The lowest BCUT2D eigenvalue weighted by Crippen LogP contribution is -2.23. The minimum Gasteiger partial charge on any atom is -0.462 e. The standard InChI is InChI=1S/C19H21NO5S/c1-3-12-25-19(22)15-6-8-16(9-7-15)20-18(21)13-26(23,24)17-10-4-14(2)5-11-17/h4-11H,3,12-13H2,1-2H3,(H,20,21). The highest BCUT2D eigenvalue weighted by atomic mass is 32.2. The molecule has 0 aliphatic carbocycles. The van der Waals surface area contributed by atoms with Gasteiger partial charge in [-0.05, 0) is 49.7 Å².